The molecule has 6 heteroatoms. The molecular formula is C11H23N3O2S. The summed E-state index contributed by atoms with van der Waals surface area (Å²) >= 11 is 0. The van der Waals surface area contributed by atoms with Crippen LogP contribution in [-0.2, 0) is 10.2 Å². The van der Waals surface area contributed by atoms with Crippen LogP contribution in [0.4, 0.5) is 0 Å². The lowest BCUT2D eigenvalue weighted by Crippen LogP contribution is -2.51. The maximum absolute atomic E-state index is 12.1. The van der Waals surface area contributed by atoms with Crippen LogP contribution >= 0.6 is 0 Å². The Balaban J connectivity index is 1.98. The molecule has 1 aliphatic carbocycles. The van der Waals surface area contributed by atoms with E-state index in [-0.39, 0.29) is 12.1 Å². The number of nitrogens with one attached hydrogen (secondary N) is 1. The van der Waals surface area contributed by atoms with E-state index >= 15 is 0 Å². The summed E-state index contributed by atoms with van der Waals surface area (Å²) in [6.45, 7) is 1.30. The molecule has 1 saturated carbocycles. The van der Waals surface area contributed by atoms with Crippen molar-refractivity contribution in [3.63, 3.8) is 0 Å². The molecule has 0 aromatic heterocycles. The molecule has 2 aliphatic rings. The van der Waals surface area contributed by atoms with E-state index in [1.807, 2.05) is 0 Å². The average molecular weight is 261 g/mol. The van der Waals surface area contributed by atoms with Gasteiger partial charge in [-0.25, -0.2) is 0 Å². The largest absolute Gasteiger partial charge is 0.326 e. The van der Waals surface area contributed by atoms with Crippen LogP contribution in [0.15, 0.2) is 0 Å². The first-order valence-electron chi connectivity index (χ1n) is 6.62. The number of nitrogens with two attached hydrogens (primary N) is 1. The standard InChI is InChI=1S/C11H23N3O2S/c12-10-6-2-1-3-7-11(10)13-17(15,16)14-8-4-5-9-14/h10-11,13H,1-9,12H2. The maximum atomic E-state index is 12.1. The van der Waals surface area contributed by atoms with Gasteiger partial charge in [-0.05, 0) is 25.7 Å². The van der Waals surface area contributed by atoms with Crippen LogP contribution in [0.2, 0.25) is 0 Å². The summed E-state index contributed by atoms with van der Waals surface area (Å²) in [5.74, 6) is 0. The Morgan fingerprint density at radius 3 is 2.35 bits per heavy atom. The zero-order chi connectivity index (χ0) is 12.3. The first-order valence-corrected chi connectivity index (χ1v) is 8.06. The van der Waals surface area contributed by atoms with Gasteiger partial charge in [0.1, 0.15) is 0 Å². The van der Waals surface area contributed by atoms with Crippen molar-refractivity contribution < 1.29 is 8.42 Å². The topological polar surface area (TPSA) is 75.4 Å². The molecule has 0 bridgehead atoms. The van der Waals surface area contributed by atoms with E-state index in [1.54, 1.807) is 4.31 Å². The van der Waals surface area contributed by atoms with Gasteiger partial charge in [-0.2, -0.15) is 17.4 Å². The van der Waals surface area contributed by atoms with Gasteiger partial charge < -0.3 is 5.73 Å². The molecule has 1 saturated heterocycles. The first-order chi connectivity index (χ1) is 8.09. The normalized spacial score (nSPS) is 32.5. The molecule has 1 heterocycles. The summed E-state index contributed by atoms with van der Waals surface area (Å²) in [4.78, 5) is 0. The van der Waals surface area contributed by atoms with Gasteiger partial charge in [0.15, 0.2) is 0 Å². The highest BCUT2D eigenvalue weighted by atomic mass is 32.2. The molecule has 0 amide bonds. The summed E-state index contributed by atoms with van der Waals surface area (Å²) in [6, 6.07) is -0.113. The first kappa shape index (κ1) is 13.3. The van der Waals surface area contributed by atoms with Crippen LogP contribution in [0.5, 0.6) is 0 Å². The molecule has 3 N–H and O–H groups in total. The fourth-order valence-corrected chi connectivity index (χ4v) is 4.24. The third kappa shape index (κ3) is 3.40. The minimum Gasteiger partial charge on any atom is -0.326 e. The van der Waals surface area contributed by atoms with E-state index in [9.17, 15) is 8.42 Å². The number of hydrogen-bond donors (Lipinski definition) is 2. The monoisotopic (exact) mass is 261 g/mol. The van der Waals surface area contributed by atoms with Gasteiger partial charge >= 0.3 is 0 Å². The maximum Gasteiger partial charge on any atom is 0.279 e. The van der Waals surface area contributed by atoms with Crippen LogP contribution in [0.25, 0.3) is 0 Å². The quantitative estimate of drug-likeness (QED) is 0.730. The van der Waals surface area contributed by atoms with Gasteiger partial charge in [0, 0.05) is 25.2 Å². The fourth-order valence-electron chi connectivity index (χ4n) is 2.68. The molecule has 0 aromatic rings. The fraction of sp³-hybridized carbons (Fsp3) is 1.00. The smallest absolute Gasteiger partial charge is 0.279 e. The van der Waals surface area contributed by atoms with E-state index in [2.05, 4.69) is 4.72 Å². The van der Waals surface area contributed by atoms with E-state index in [0.29, 0.717) is 13.1 Å². The van der Waals surface area contributed by atoms with Crippen LogP contribution in [0, 0.1) is 0 Å². The van der Waals surface area contributed by atoms with Gasteiger partial charge in [-0.1, -0.05) is 19.3 Å². The lowest BCUT2D eigenvalue weighted by Gasteiger charge is -2.25. The van der Waals surface area contributed by atoms with Crippen molar-refractivity contribution in [2.24, 2.45) is 5.73 Å². The Morgan fingerprint density at radius 1 is 1.00 bits per heavy atom. The highest BCUT2D eigenvalue weighted by Gasteiger charge is 2.30. The van der Waals surface area contributed by atoms with Gasteiger partial charge in [-0.15, -0.1) is 0 Å². The van der Waals surface area contributed by atoms with Crippen molar-refractivity contribution >= 4 is 10.2 Å². The molecular weight excluding hydrogens is 238 g/mol. The molecule has 2 unspecified atom stereocenters. The second kappa shape index (κ2) is 5.65. The predicted octanol–water partition coefficient (Wildman–Crippen LogP) is 0.577. The Labute approximate surface area is 104 Å². The summed E-state index contributed by atoms with van der Waals surface area (Å²) in [7, 11) is -3.31. The predicted molar refractivity (Wildman–Crippen MR) is 67.7 cm³/mol. The average Bonchev–Trinajstić information content (AvgIpc) is 2.74. The summed E-state index contributed by atoms with van der Waals surface area (Å²) in [6.07, 6.45) is 7.08. The molecule has 100 valence electrons. The number of hydrogen-bond acceptors (Lipinski definition) is 3. The van der Waals surface area contributed by atoms with E-state index < -0.39 is 10.2 Å². The van der Waals surface area contributed by atoms with Gasteiger partial charge in [0.25, 0.3) is 10.2 Å². The molecule has 2 atom stereocenters. The number of nitrogens with zero attached hydrogens (tertiary/aromatic N) is 1. The van der Waals surface area contributed by atoms with Crippen molar-refractivity contribution in [2.75, 3.05) is 13.1 Å². The molecule has 2 fully saturated rings. The third-order valence-corrected chi connectivity index (χ3v) is 5.42. The zero-order valence-corrected chi connectivity index (χ0v) is 11.1. The summed E-state index contributed by atoms with van der Waals surface area (Å²) in [5.41, 5.74) is 6.04. The SMILES string of the molecule is NC1CCCCCC1NS(=O)(=O)N1CCCC1. The molecule has 5 nitrogen and oxygen atoms in total. The second-order valence-electron chi connectivity index (χ2n) is 5.14. The molecule has 2 rings (SSSR count). The van der Waals surface area contributed by atoms with Gasteiger partial charge in [-0.3, -0.25) is 0 Å². The highest BCUT2D eigenvalue weighted by Crippen LogP contribution is 2.19. The summed E-state index contributed by atoms with van der Waals surface area (Å²) in [5, 5.41) is 0. The van der Waals surface area contributed by atoms with E-state index in [1.165, 1.54) is 0 Å². The second-order valence-corrected chi connectivity index (χ2v) is 6.84. The van der Waals surface area contributed by atoms with Gasteiger partial charge in [0.05, 0.1) is 0 Å². The van der Waals surface area contributed by atoms with Crippen molar-refractivity contribution in [1.29, 1.82) is 0 Å². The molecule has 17 heavy (non-hydrogen) atoms. The Kier molecular flexibility index (Phi) is 4.41. The van der Waals surface area contributed by atoms with E-state index in [0.717, 1.165) is 44.9 Å². The Hall–Kier alpha value is -0.170. The molecule has 1 aliphatic heterocycles. The van der Waals surface area contributed by atoms with Gasteiger partial charge in [0.2, 0.25) is 0 Å². The lowest BCUT2D eigenvalue weighted by molar-refractivity contribution is 0.418. The third-order valence-electron chi connectivity index (χ3n) is 3.77. The molecule has 0 spiro atoms. The van der Waals surface area contributed by atoms with Crippen molar-refractivity contribution in [3.05, 3.63) is 0 Å². The van der Waals surface area contributed by atoms with Crippen LogP contribution < -0.4 is 10.5 Å². The highest BCUT2D eigenvalue weighted by molar-refractivity contribution is 7.87. The van der Waals surface area contributed by atoms with Crippen molar-refractivity contribution in [2.45, 2.75) is 57.0 Å². The number of rotatable bonds is 3. The van der Waals surface area contributed by atoms with E-state index in [4.69, 9.17) is 5.73 Å². The minimum atomic E-state index is -3.31. The zero-order valence-electron chi connectivity index (χ0n) is 10.3. The van der Waals surface area contributed by atoms with Crippen LogP contribution in [0.1, 0.15) is 44.9 Å². The molecule has 0 radical (unpaired) electrons. The molecule has 0 aromatic carbocycles. The minimum absolute atomic E-state index is 0.0325. The van der Waals surface area contributed by atoms with Crippen molar-refractivity contribution in [3.8, 4) is 0 Å². The lowest BCUT2D eigenvalue weighted by atomic mass is 10.1. The van der Waals surface area contributed by atoms with Crippen LogP contribution in [-0.4, -0.2) is 37.9 Å². The Morgan fingerprint density at radius 2 is 1.65 bits per heavy atom. The van der Waals surface area contributed by atoms with Crippen LogP contribution in [0.3, 0.4) is 0 Å². The Bertz CT molecular complexity index is 339. The summed E-state index contributed by atoms with van der Waals surface area (Å²) < 4.78 is 28.6. The van der Waals surface area contributed by atoms with Crippen molar-refractivity contribution in [1.82, 2.24) is 9.03 Å².